The average molecular weight is 287 g/mol. The van der Waals surface area contributed by atoms with Crippen LogP contribution in [0.2, 0.25) is 0 Å². The van der Waals surface area contributed by atoms with Crippen LogP contribution in [0.15, 0.2) is 0 Å². The molecule has 0 aromatic heterocycles. The number of nitrogens with one attached hydrogen (secondary N) is 1. The Morgan fingerprint density at radius 3 is 2.68 bits per heavy atom. The highest BCUT2D eigenvalue weighted by molar-refractivity contribution is 7.91. The number of hydrogen-bond donors (Lipinski definition) is 1. The van der Waals surface area contributed by atoms with E-state index in [1.807, 2.05) is 0 Å². The summed E-state index contributed by atoms with van der Waals surface area (Å²) in [5, 5.41) is 3.63. The summed E-state index contributed by atoms with van der Waals surface area (Å²) >= 11 is 0. The molecule has 110 valence electrons. The van der Waals surface area contributed by atoms with E-state index >= 15 is 0 Å². The molecule has 0 aromatic carbocycles. The van der Waals surface area contributed by atoms with Crippen LogP contribution in [-0.2, 0) is 14.6 Å². The third-order valence-electron chi connectivity index (χ3n) is 5.34. The van der Waals surface area contributed by atoms with Gasteiger partial charge < -0.3 is 10.1 Å². The van der Waals surface area contributed by atoms with E-state index in [9.17, 15) is 8.42 Å². The van der Waals surface area contributed by atoms with Gasteiger partial charge >= 0.3 is 0 Å². The van der Waals surface area contributed by atoms with Crippen molar-refractivity contribution in [3.8, 4) is 0 Å². The Balaban J connectivity index is 1.59. The molecule has 0 aromatic rings. The average Bonchev–Trinajstić information content (AvgIpc) is 2.24. The van der Waals surface area contributed by atoms with Gasteiger partial charge in [0.25, 0.3) is 0 Å². The van der Waals surface area contributed by atoms with Gasteiger partial charge in [-0.1, -0.05) is 6.42 Å². The predicted molar refractivity (Wildman–Crippen MR) is 74.9 cm³/mol. The lowest BCUT2D eigenvalue weighted by Gasteiger charge is -2.62. The molecular formula is C14H25NO3S. The Morgan fingerprint density at radius 1 is 1.32 bits per heavy atom. The van der Waals surface area contributed by atoms with E-state index in [-0.39, 0.29) is 6.04 Å². The number of rotatable bonds is 4. The molecule has 0 bridgehead atoms. The van der Waals surface area contributed by atoms with Gasteiger partial charge in [0.05, 0.1) is 17.6 Å². The summed E-state index contributed by atoms with van der Waals surface area (Å²) in [6, 6.07) is 0.653. The van der Waals surface area contributed by atoms with Crippen LogP contribution >= 0.6 is 0 Å². The van der Waals surface area contributed by atoms with E-state index in [2.05, 4.69) is 12.2 Å². The number of ether oxygens (including phenoxy) is 1. The van der Waals surface area contributed by atoms with Gasteiger partial charge in [-0.15, -0.1) is 0 Å². The van der Waals surface area contributed by atoms with Gasteiger partial charge in [0.15, 0.2) is 9.84 Å². The van der Waals surface area contributed by atoms with Crippen LogP contribution in [-0.4, -0.2) is 44.7 Å². The zero-order valence-electron chi connectivity index (χ0n) is 11.7. The van der Waals surface area contributed by atoms with E-state index in [0.717, 1.165) is 25.9 Å². The van der Waals surface area contributed by atoms with Crippen molar-refractivity contribution in [1.82, 2.24) is 5.32 Å². The summed E-state index contributed by atoms with van der Waals surface area (Å²) in [6.45, 7) is 2.85. The van der Waals surface area contributed by atoms with Crippen molar-refractivity contribution < 1.29 is 13.2 Å². The Labute approximate surface area is 116 Å². The summed E-state index contributed by atoms with van der Waals surface area (Å²) < 4.78 is 29.2. The van der Waals surface area contributed by atoms with Crippen LogP contribution in [0.25, 0.3) is 0 Å². The zero-order valence-corrected chi connectivity index (χ0v) is 12.5. The fourth-order valence-corrected chi connectivity index (χ4v) is 5.76. The first kappa shape index (κ1) is 13.8. The molecule has 3 aliphatic rings. The quantitative estimate of drug-likeness (QED) is 0.851. The van der Waals surface area contributed by atoms with Gasteiger partial charge in [-0.3, -0.25) is 0 Å². The molecule has 3 rings (SSSR count). The monoisotopic (exact) mass is 287 g/mol. The molecule has 1 spiro atoms. The van der Waals surface area contributed by atoms with E-state index in [0.29, 0.717) is 29.1 Å². The molecule has 2 saturated carbocycles. The topological polar surface area (TPSA) is 55.4 Å². The van der Waals surface area contributed by atoms with Gasteiger partial charge in [-0.2, -0.15) is 0 Å². The van der Waals surface area contributed by atoms with Crippen LogP contribution < -0.4 is 5.32 Å². The third kappa shape index (κ3) is 2.45. The van der Waals surface area contributed by atoms with Crippen LogP contribution in [0.5, 0.6) is 0 Å². The van der Waals surface area contributed by atoms with E-state index in [1.165, 1.54) is 19.3 Å². The molecular weight excluding hydrogens is 262 g/mol. The maximum atomic E-state index is 11.7. The summed E-state index contributed by atoms with van der Waals surface area (Å²) in [6.07, 6.45) is 7.07. The Kier molecular flexibility index (Phi) is 3.65. The second-order valence-electron chi connectivity index (χ2n) is 6.44. The molecule has 0 amide bonds. The zero-order chi connectivity index (χ0) is 13.5. The minimum atomic E-state index is -2.81. The molecule has 1 aliphatic heterocycles. The van der Waals surface area contributed by atoms with Crippen molar-refractivity contribution in [2.24, 2.45) is 5.41 Å². The van der Waals surface area contributed by atoms with E-state index in [4.69, 9.17) is 4.74 Å². The van der Waals surface area contributed by atoms with Crippen LogP contribution in [0.3, 0.4) is 0 Å². The van der Waals surface area contributed by atoms with Gasteiger partial charge in [0.1, 0.15) is 0 Å². The molecule has 0 radical (unpaired) electrons. The highest BCUT2D eigenvalue weighted by atomic mass is 32.2. The minimum absolute atomic E-state index is 0.170. The lowest BCUT2D eigenvalue weighted by atomic mass is 9.51. The van der Waals surface area contributed by atoms with E-state index in [1.54, 1.807) is 0 Å². The maximum Gasteiger partial charge on any atom is 0.151 e. The van der Waals surface area contributed by atoms with Crippen molar-refractivity contribution in [2.75, 3.05) is 18.1 Å². The van der Waals surface area contributed by atoms with Gasteiger partial charge in [0.2, 0.25) is 0 Å². The Hall–Kier alpha value is -0.130. The second-order valence-corrected chi connectivity index (χ2v) is 8.67. The molecule has 4 nitrogen and oxygen atoms in total. The highest BCUT2D eigenvalue weighted by Crippen LogP contribution is 2.57. The molecule has 2 aliphatic carbocycles. The molecule has 1 saturated heterocycles. The van der Waals surface area contributed by atoms with Gasteiger partial charge in [0, 0.05) is 24.1 Å². The Morgan fingerprint density at radius 2 is 2.11 bits per heavy atom. The lowest BCUT2D eigenvalue weighted by Crippen LogP contribution is -2.68. The SMILES string of the molecule is CCOC1CC(NC2CCCS(=O)(=O)C2)C12CCC2. The minimum Gasteiger partial charge on any atom is -0.378 e. The first-order chi connectivity index (χ1) is 9.06. The summed E-state index contributed by atoms with van der Waals surface area (Å²) in [5.74, 6) is 0.710. The second kappa shape index (κ2) is 5.01. The number of sulfone groups is 1. The van der Waals surface area contributed by atoms with Gasteiger partial charge in [-0.25, -0.2) is 8.42 Å². The smallest absolute Gasteiger partial charge is 0.151 e. The van der Waals surface area contributed by atoms with Crippen molar-refractivity contribution >= 4 is 9.84 Å². The van der Waals surface area contributed by atoms with Crippen molar-refractivity contribution in [1.29, 1.82) is 0 Å². The van der Waals surface area contributed by atoms with Crippen LogP contribution in [0.4, 0.5) is 0 Å². The predicted octanol–water partition coefficient (Wildman–Crippen LogP) is 1.50. The van der Waals surface area contributed by atoms with Crippen LogP contribution in [0.1, 0.15) is 45.4 Å². The molecule has 19 heavy (non-hydrogen) atoms. The standard InChI is InChI=1S/C14H25NO3S/c1-2-18-13-9-12(14(13)6-4-7-14)15-11-5-3-8-19(16,17)10-11/h11-13,15H,2-10H2,1H3. The van der Waals surface area contributed by atoms with Crippen molar-refractivity contribution in [2.45, 2.75) is 63.6 Å². The highest BCUT2D eigenvalue weighted by Gasteiger charge is 2.59. The molecule has 3 atom stereocenters. The Bertz CT molecular complexity index is 430. The van der Waals surface area contributed by atoms with Crippen molar-refractivity contribution in [3.63, 3.8) is 0 Å². The third-order valence-corrected chi connectivity index (χ3v) is 7.16. The number of hydrogen-bond acceptors (Lipinski definition) is 4. The fourth-order valence-electron chi connectivity index (χ4n) is 4.11. The van der Waals surface area contributed by atoms with Gasteiger partial charge in [-0.05, 0) is 39.0 Å². The fraction of sp³-hybridized carbons (Fsp3) is 1.00. The molecule has 1 heterocycles. The summed E-state index contributed by atoms with van der Waals surface area (Å²) in [5.41, 5.74) is 0.331. The molecule has 3 unspecified atom stereocenters. The normalized spacial score (nSPS) is 39.5. The summed E-state index contributed by atoms with van der Waals surface area (Å²) in [7, 11) is -2.81. The molecule has 1 N–H and O–H groups in total. The van der Waals surface area contributed by atoms with E-state index < -0.39 is 9.84 Å². The summed E-state index contributed by atoms with van der Waals surface area (Å²) in [4.78, 5) is 0. The molecule has 3 fully saturated rings. The van der Waals surface area contributed by atoms with Crippen molar-refractivity contribution in [3.05, 3.63) is 0 Å². The largest absolute Gasteiger partial charge is 0.378 e. The lowest BCUT2D eigenvalue weighted by molar-refractivity contribution is -0.174. The van der Waals surface area contributed by atoms with Crippen LogP contribution in [0, 0.1) is 5.41 Å². The maximum absolute atomic E-state index is 11.7. The first-order valence-electron chi connectivity index (χ1n) is 7.64. The molecule has 5 heteroatoms. The first-order valence-corrected chi connectivity index (χ1v) is 9.46.